The van der Waals surface area contributed by atoms with Gasteiger partial charge in [-0.15, -0.1) is 0 Å². The zero-order valence-corrected chi connectivity index (χ0v) is 26.7. The zero-order valence-electron chi connectivity index (χ0n) is 26.7. The van der Waals surface area contributed by atoms with Crippen LogP contribution in [0.4, 0.5) is 10.1 Å². The molecule has 13 heteroatoms. The first-order valence-corrected chi connectivity index (χ1v) is 16.2. The number of nitrogens with two attached hydrogens (primary N) is 3. The van der Waals surface area contributed by atoms with E-state index in [-0.39, 0.29) is 16.3 Å². The lowest BCUT2D eigenvalue weighted by atomic mass is 9.88. The van der Waals surface area contributed by atoms with E-state index in [0.717, 1.165) is 38.8 Å². The van der Waals surface area contributed by atoms with E-state index in [1.54, 1.807) is 13.2 Å². The number of ether oxygens (including phenoxy) is 5. The minimum absolute atomic E-state index is 0.125. The van der Waals surface area contributed by atoms with Gasteiger partial charge in [0.1, 0.15) is 5.69 Å². The van der Waals surface area contributed by atoms with E-state index in [1.165, 1.54) is 32.4 Å². The highest BCUT2D eigenvalue weighted by atomic mass is 19.1. The lowest BCUT2D eigenvalue weighted by Crippen LogP contribution is -2.79. The highest BCUT2D eigenvalue weighted by Gasteiger charge is 2.52. The van der Waals surface area contributed by atoms with Crippen LogP contribution in [0.25, 0.3) is 0 Å². The van der Waals surface area contributed by atoms with Crippen LogP contribution in [-0.4, -0.2) is 121 Å². The van der Waals surface area contributed by atoms with Crippen LogP contribution in [0.1, 0.15) is 44.9 Å². The van der Waals surface area contributed by atoms with Gasteiger partial charge in [-0.2, -0.15) is 4.99 Å². The molecule has 0 aromatic heterocycles. The molecule has 4 atom stereocenters. The summed E-state index contributed by atoms with van der Waals surface area (Å²) in [6.45, 7) is 6.97. The van der Waals surface area contributed by atoms with Crippen LogP contribution < -0.4 is 26.4 Å². The van der Waals surface area contributed by atoms with Crippen molar-refractivity contribution in [3.8, 4) is 5.75 Å². The molecule has 1 aliphatic carbocycles. The smallest absolute Gasteiger partial charge is 0.248 e. The Bertz CT molecular complexity index is 1030. The van der Waals surface area contributed by atoms with Gasteiger partial charge in [0.15, 0.2) is 11.6 Å². The van der Waals surface area contributed by atoms with Crippen molar-refractivity contribution in [2.75, 3.05) is 86.6 Å². The second kappa shape index (κ2) is 17.6. The Hall–Kier alpha value is -2.10. The average Bonchev–Trinajstić information content (AvgIpc) is 3.47. The minimum atomic E-state index is -0.747. The SMILES string of the molecule is COCCOCCOCCOCCN1CCCC1CN1C(N)=NC(N)[N+](CC2CCCCC2)(c2ccc(OC)c(F)c2)C1N. The van der Waals surface area contributed by atoms with Gasteiger partial charge in [0.05, 0.1) is 59.9 Å². The maximum atomic E-state index is 15.1. The predicted molar refractivity (Wildman–Crippen MR) is 169 cm³/mol. The third-order valence-electron chi connectivity index (χ3n) is 9.33. The van der Waals surface area contributed by atoms with Crippen molar-refractivity contribution in [2.45, 2.75) is 63.6 Å². The number of nitrogens with zero attached hydrogens (tertiary/aromatic N) is 4. The lowest BCUT2D eigenvalue weighted by molar-refractivity contribution is -0.00186. The fourth-order valence-corrected chi connectivity index (χ4v) is 6.88. The van der Waals surface area contributed by atoms with Crippen LogP contribution in [0.5, 0.6) is 5.75 Å². The monoisotopic (exact) mass is 624 g/mol. The zero-order chi connectivity index (χ0) is 31.4. The molecule has 0 bridgehead atoms. The summed E-state index contributed by atoms with van der Waals surface area (Å²) < 4.78 is 42.2. The summed E-state index contributed by atoms with van der Waals surface area (Å²) in [5.41, 5.74) is 21.2. The third-order valence-corrected chi connectivity index (χ3v) is 9.33. The number of hydrogen-bond acceptors (Lipinski definition) is 11. The lowest BCUT2D eigenvalue weighted by Gasteiger charge is -2.53. The van der Waals surface area contributed by atoms with Crippen LogP contribution in [0.3, 0.4) is 0 Å². The molecule has 2 fully saturated rings. The molecule has 2 aliphatic heterocycles. The van der Waals surface area contributed by atoms with Crippen molar-refractivity contribution < 1.29 is 28.1 Å². The summed E-state index contributed by atoms with van der Waals surface area (Å²) in [4.78, 5) is 9.16. The minimum Gasteiger partial charge on any atom is -0.494 e. The summed E-state index contributed by atoms with van der Waals surface area (Å²) in [6, 6.07) is 5.26. The number of rotatable bonds is 18. The summed E-state index contributed by atoms with van der Waals surface area (Å²) >= 11 is 0. The number of methoxy groups -OCH3 is 2. The molecule has 4 unspecified atom stereocenters. The Labute approximate surface area is 262 Å². The molecule has 3 aliphatic rings. The Morgan fingerprint density at radius 2 is 1.59 bits per heavy atom. The van der Waals surface area contributed by atoms with E-state index >= 15 is 4.39 Å². The maximum Gasteiger partial charge on any atom is 0.248 e. The maximum absolute atomic E-state index is 15.1. The molecule has 12 nitrogen and oxygen atoms in total. The first-order chi connectivity index (χ1) is 21.4. The van der Waals surface area contributed by atoms with Gasteiger partial charge in [0.2, 0.25) is 18.5 Å². The van der Waals surface area contributed by atoms with Crippen LogP contribution >= 0.6 is 0 Å². The number of aliphatic imine (C=N–C) groups is 1. The van der Waals surface area contributed by atoms with E-state index in [9.17, 15) is 0 Å². The van der Waals surface area contributed by atoms with Gasteiger partial charge in [-0.25, -0.2) is 8.87 Å². The topological polar surface area (TPSA) is 143 Å². The number of benzene rings is 1. The van der Waals surface area contributed by atoms with Gasteiger partial charge in [0.25, 0.3) is 0 Å². The Morgan fingerprint density at radius 1 is 0.909 bits per heavy atom. The number of quaternary nitrogens is 1. The van der Waals surface area contributed by atoms with E-state index in [4.69, 9.17) is 45.9 Å². The van der Waals surface area contributed by atoms with Crippen molar-refractivity contribution in [2.24, 2.45) is 28.1 Å². The number of hydrogen-bond donors (Lipinski definition) is 3. The normalized spacial score (nSPS) is 26.7. The van der Waals surface area contributed by atoms with Crippen LogP contribution in [0, 0.1) is 11.7 Å². The molecule has 6 N–H and O–H groups in total. The second-order valence-corrected chi connectivity index (χ2v) is 12.1. The number of likely N-dealkylation sites (tertiary alicyclic amines) is 1. The Balaban J connectivity index is 1.38. The van der Waals surface area contributed by atoms with Crippen LogP contribution in [-0.2, 0) is 18.9 Å². The van der Waals surface area contributed by atoms with Gasteiger partial charge in [-0.05, 0) is 38.3 Å². The molecule has 1 saturated carbocycles. The molecule has 250 valence electrons. The first kappa shape index (κ1) is 34.8. The Kier molecular flexibility index (Phi) is 13.9. The number of guanidine groups is 1. The number of halogens is 1. The largest absolute Gasteiger partial charge is 0.494 e. The van der Waals surface area contributed by atoms with Crippen molar-refractivity contribution in [3.05, 3.63) is 24.0 Å². The van der Waals surface area contributed by atoms with Crippen molar-refractivity contribution in [1.29, 1.82) is 0 Å². The molecule has 0 amide bonds. The Morgan fingerprint density at radius 3 is 2.25 bits per heavy atom. The fraction of sp³-hybridized carbons (Fsp3) is 0.774. The van der Waals surface area contributed by atoms with Gasteiger partial charge in [0, 0.05) is 44.3 Å². The van der Waals surface area contributed by atoms with Gasteiger partial charge in [-0.1, -0.05) is 19.3 Å². The molecular weight excluding hydrogens is 569 g/mol. The molecule has 0 spiro atoms. The van der Waals surface area contributed by atoms with Crippen LogP contribution in [0.2, 0.25) is 0 Å². The van der Waals surface area contributed by atoms with Gasteiger partial charge in [-0.3, -0.25) is 21.3 Å². The molecule has 4 rings (SSSR count). The highest BCUT2D eigenvalue weighted by Crippen LogP contribution is 2.38. The summed E-state index contributed by atoms with van der Waals surface area (Å²) in [7, 11) is 3.11. The molecule has 1 aromatic carbocycles. The summed E-state index contributed by atoms with van der Waals surface area (Å²) in [5.74, 6) is 0.492. The van der Waals surface area contributed by atoms with Crippen molar-refractivity contribution in [3.63, 3.8) is 0 Å². The quantitative estimate of drug-likeness (QED) is 0.164. The molecule has 1 aromatic rings. The predicted octanol–water partition coefficient (Wildman–Crippen LogP) is 2.00. The third kappa shape index (κ3) is 8.79. The van der Waals surface area contributed by atoms with Gasteiger partial charge >= 0.3 is 0 Å². The second-order valence-electron chi connectivity index (χ2n) is 12.1. The van der Waals surface area contributed by atoms with E-state index < -0.39 is 18.4 Å². The molecule has 0 radical (unpaired) electrons. The molecule has 1 saturated heterocycles. The van der Waals surface area contributed by atoms with Crippen LogP contribution in [0.15, 0.2) is 23.2 Å². The van der Waals surface area contributed by atoms with E-state index in [0.29, 0.717) is 76.9 Å². The van der Waals surface area contributed by atoms with Gasteiger partial charge < -0.3 is 29.4 Å². The van der Waals surface area contributed by atoms with Crippen molar-refractivity contribution >= 4 is 11.6 Å². The van der Waals surface area contributed by atoms with Crippen molar-refractivity contribution in [1.82, 2.24) is 14.3 Å². The molecular formula is C31H55FN7O5+. The first-order valence-electron chi connectivity index (χ1n) is 16.2. The fourth-order valence-electron chi connectivity index (χ4n) is 6.88. The highest BCUT2D eigenvalue weighted by molar-refractivity contribution is 5.80. The standard InChI is InChI=1S/C31H55FN7O5/c1-40-15-16-43-19-20-44-18-17-42-14-13-37-12-6-9-25(37)22-38-29(33)36-30(34)39(31(38)35,23-24-7-4-3-5-8-24)26-10-11-28(41-2)27(32)21-26/h10-11,21,24-25,30-31H,3-9,12-20,22-23,34-35H2,1-2H3,(H2,33,36)/q+1. The summed E-state index contributed by atoms with van der Waals surface area (Å²) in [6.07, 6.45) is 6.53. The van der Waals surface area contributed by atoms with E-state index in [1.807, 2.05) is 11.0 Å². The van der Waals surface area contributed by atoms with E-state index in [2.05, 4.69) is 4.90 Å². The summed E-state index contributed by atoms with van der Waals surface area (Å²) in [5, 5.41) is 0. The average molecular weight is 625 g/mol. The molecule has 2 heterocycles. The molecule has 44 heavy (non-hydrogen) atoms.